The largest absolute Gasteiger partial charge is 0.496 e. The molecule has 0 bridgehead atoms. The van der Waals surface area contributed by atoms with Gasteiger partial charge in [-0.25, -0.2) is 0 Å². The van der Waals surface area contributed by atoms with Crippen LogP contribution in [0.15, 0.2) is 18.2 Å². The van der Waals surface area contributed by atoms with Gasteiger partial charge in [0.2, 0.25) is 0 Å². The van der Waals surface area contributed by atoms with Crippen LogP contribution in [-0.2, 0) is 11.2 Å². The van der Waals surface area contributed by atoms with Gasteiger partial charge in [-0.15, -0.1) is 0 Å². The van der Waals surface area contributed by atoms with E-state index in [2.05, 4.69) is 26.0 Å². The summed E-state index contributed by atoms with van der Waals surface area (Å²) < 4.78 is 5.33. The number of benzene rings is 1. The number of nitriles is 1. The lowest BCUT2D eigenvalue weighted by atomic mass is 9.99. The van der Waals surface area contributed by atoms with Crippen LogP contribution < -0.4 is 4.74 Å². The molecule has 0 fully saturated rings. The number of rotatable bonds is 5. The summed E-state index contributed by atoms with van der Waals surface area (Å²) in [6.07, 6.45) is 0.674. The molecule has 0 aliphatic carbocycles. The fraction of sp³-hybridized carbons (Fsp3) is 0.467. The summed E-state index contributed by atoms with van der Waals surface area (Å²) in [6, 6.07) is 7.73. The van der Waals surface area contributed by atoms with Crippen LogP contribution in [0.1, 0.15) is 30.9 Å². The molecule has 1 rings (SSSR count). The van der Waals surface area contributed by atoms with Crippen molar-refractivity contribution in [2.24, 2.45) is 0 Å². The van der Waals surface area contributed by atoms with E-state index in [1.54, 1.807) is 20.2 Å². The molecule has 0 atom stereocenters. The Hall–Kier alpha value is -2.02. The van der Waals surface area contributed by atoms with Gasteiger partial charge in [-0.3, -0.25) is 4.79 Å². The lowest BCUT2D eigenvalue weighted by Gasteiger charge is -2.16. The molecule has 102 valence electrons. The Kier molecular flexibility index (Phi) is 5.37. The normalized spacial score (nSPS) is 10.1. The highest BCUT2D eigenvalue weighted by Crippen LogP contribution is 2.24. The molecular weight excluding hydrogens is 240 g/mol. The highest BCUT2D eigenvalue weighted by Gasteiger charge is 2.10. The summed E-state index contributed by atoms with van der Waals surface area (Å²) in [5.41, 5.74) is 2.30. The zero-order valence-electron chi connectivity index (χ0n) is 11.9. The average molecular weight is 260 g/mol. The van der Waals surface area contributed by atoms with E-state index in [4.69, 9.17) is 10.00 Å². The quantitative estimate of drug-likeness (QED) is 0.764. The molecule has 0 saturated carbocycles. The van der Waals surface area contributed by atoms with Crippen molar-refractivity contribution >= 4 is 5.91 Å². The van der Waals surface area contributed by atoms with Gasteiger partial charge in [-0.05, 0) is 29.5 Å². The Bertz CT molecular complexity index is 489. The highest BCUT2D eigenvalue weighted by molar-refractivity contribution is 5.90. The number of carbonyl (C=O) groups excluding carboxylic acids is 1. The standard InChI is InChI=1S/C15H20N2O2/c1-11(2)12-5-6-14(19-4)13(9-12)7-8-17(3)15(18)10-16/h5-6,9,11H,7-8H2,1-4H3. The van der Waals surface area contributed by atoms with Crippen molar-refractivity contribution in [2.75, 3.05) is 20.7 Å². The second-order valence-electron chi connectivity index (χ2n) is 4.81. The molecule has 4 nitrogen and oxygen atoms in total. The molecular formula is C15H20N2O2. The maximum absolute atomic E-state index is 11.2. The molecule has 0 spiro atoms. The third kappa shape index (κ3) is 3.99. The fourth-order valence-corrected chi connectivity index (χ4v) is 1.83. The van der Waals surface area contributed by atoms with Gasteiger partial charge in [0.25, 0.3) is 0 Å². The van der Waals surface area contributed by atoms with E-state index >= 15 is 0 Å². The van der Waals surface area contributed by atoms with E-state index in [0.717, 1.165) is 11.3 Å². The molecule has 0 N–H and O–H groups in total. The van der Waals surface area contributed by atoms with Crippen LogP contribution in [0.3, 0.4) is 0 Å². The summed E-state index contributed by atoms with van der Waals surface area (Å²) in [6.45, 7) is 4.78. The van der Waals surface area contributed by atoms with Gasteiger partial charge in [0, 0.05) is 13.6 Å². The Morgan fingerprint density at radius 3 is 2.68 bits per heavy atom. The first-order valence-electron chi connectivity index (χ1n) is 6.31. The van der Waals surface area contributed by atoms with Crippen molar-refractivity contribution in [3.63, 3.8) is 0 Å². The van der Waals surface area contributed by atoms with Crippen LogP contribution in [0.25, 0.3) is 0 Å². The topological polar surface area (TPSA) is 53.3 Å². The van der Waals surface area contributed by atoms with Gasteiger partial charge >= 0.3 is 5.91 Å². The van der Waals surface area contributed by atoms with Crippen molar-refractivity contribution in [1.29, 1.82) is 5.26 Å². The minimum Gasteiger partial charge on any atom is -0.496 e. The Morgan fingerprint density at radius 2 is 2.16 bits per heavy atom. The molecule has 19 heavy (non-hydrogen) atoms. The molecule has 0 saturated heterocycles. The van der Waals surface area contributed by atoms with Gasteiger partial charge in [0.15, 0.2) is 6.07 Å². The SMILES string of the molecule is COc1ccc(C(C)C)cc1CCN(C)C(=O)C#N. The second-order valence-corrected chi connectivity index (χ2v) is 4.81. The van der Waals surface area contributed by atoms with E-state index in [-0.39, 0.29) is 0 Å². The summed E-state index contributed by atoms with van der Waals surface area (Å²) in [4.78, 5) is 12.6. The van der Waals surface area contributed by atoms with E-state index in [1.807, 2.05) is 6.07 Å². The highest BCUT2D eigenvalue weighted by atomic mass is 16.5. The molecule has 0 aliphatic rings. The van der Waals surface area contributed by atoms with Gasteiger partial charge in [0.1, 0.15) is 5.75 Å². The van der Waals surface area contributed by atoms with Crippen molar-refractivity contribution in [1.82, 2.24) is 4.90 Å². The molecule has 0 heterocycles. The van der Waals surface area contributed by atoms with E-state index in [9.17, 15) is 4.79 Å². The number of carbonyl (C=O) groups is 1. The molecule has 1 aromatic carbocycles. The average Bonchev–Trinajstić information content (AvgIpc) is 2.43. The lowest BCUT2D eigenvalue weighted by Crippen LogP contribution is -2.27. The van der Waals surface area contributed by atoms with Crippen molar-refractivity contribution in [2.45, 2.75) is 26.2 Å². The lowest BCUT2D eigenvalue weighted by molar-refractivity contribution is -0.124. The van der Waals surface area contributed by atoms with Crippen molar-refractivity contribution in [3.05, 3.63) is 29.3 Å². The van der Waals surface area contributed by atoms with Gasteiger partial charge < -0.3 is 9.64 Å². The van der Waals surface area contributed by atoms with Crippen LogP contribution in [0, 0.1) is 11.3 Å². The molecule has 4 heteroatoms. The molecule has 0 aromatic heterocycles. The van der Waals surface area contributed by atoms with Gasteiger partial charge in [-0.2, -0.15) is 5.26 Å². The zero-order chi connectivity index (χ0) is 14.4. The molecule has 1 aromatic rings. The number of nitrogens with zero attached hydrogens (tertiary/aromatic N) is 2. The third-order valence-electron chi connectivity index (χ3n) is 3.13. The van der Waals surface area contributed by atoms with Crippen LogP contribution in [0.4, 0.5) is 0 Å². The molecule has 1 amide bonds. The number of ether oxygens (including phenoxy) is 1. The smallest absolute Gasteiger partial charge is 0.324 e. The molecule has 0 aliphatic heterocycles. The summed E-state index contributed by atoms with van der Waals surface area (Å²) in [5.74, 6) is 0.754. The van der Waals surface area contributed by atoms with Crippen LogP contribution in [0.2, 0.25) is 0 Å². The third-order valence-corrected chi connectivity index (χ3v) is 3.13. The van der Waals surface area contributed by atoms with Crippen LogP contribution >= 0.6 is 0 Å². The zero-order valence-corrected chi connectivity index (χ0v) is 11.9. The molecule has 0 radical (unpaired) electrons. The van der Waals surface area contributed by atoms with E-state index in [1.165, 1.54) is 10.5 Å². The van der Waals surface area contributed by atoms with E-state index in [0.29, 0.717) is 18.9 Å². The first kappa shape index (κ1) is 15.0. The fourth-order valence-electron chi connectivity index (χ4n) is 1.83. The number of hydrogen-bond acceptors (Lipinski definition) is 3. The first-order chi connectivity index (χ1) is 8.99. The predicted octanol–water partition coefficient (Wildman–Crippen LogP) is 2.34. The number of likely N-dealkylation sites (N-methyl/N-ethyl adjacent to an activating group) is 1. The van der Waals surface area contributed by atoms with Crippen LogP contribution in [0.5, 0.6) is 5.75 Å². The minimum absolute atomic E-state index is 0.447. The maximum atomic E-state index is 11.2. The summed E-state index contributed by atoms with van der Waals surface area (Å²) in [5, 5.41) is 8.55. The maximum Gasteiger partial charge on any atom is 0.324 e. The Morgan fingerprint density at radius 1 is 1.47 bits per heavy atom. The minimum atomic E-state index is -0.515. The predicted molar refractivity (Wildman–Crippen MR) is 74.0 cm³/mol. The summed E-state index contributed by atoms with van der Waals surface area (Å²) >= 11 is 0. The monoisotopic (exact) mass is 260 g/mol. The Labute approximate surface area is 114 Å². The second kappa shape index (κ2) is 6.79. The first-order valence-corrected chi connectivity index (χ1v) is 6.31. The van der Waals surface area contributed by atoms with Gasteiger partial charge in [-0.1, -0.05) is 26.0 Å². The Balaban J connectivity index is 2.84. The van der Waals surface area contributed by atoms with Crippen LogP contribution in [-0.4, -0.2) is 31.5 Å². The van der Waals surface area contributed by atoms with Gasteiger partial charge in [0.05, 0.1) is 7.11 Å². The van der Waals surface area contributed by atoms with E-state index < -0.39 is 5.91 Å². The number of amides is 1. The molecule has 0 unspecified atom stereocenters. The van der Waals surface area contributed by atoms with Crippen molar-refractivity contribution < 1.29 is 9.53 Å². The summed E-state index contributed by atoms with van der Waals surface area (Å²) in [7, 11) is 3.27. The number of methoxy groups -OCH3 is 1. The van der Waals surface area contributed by atoms with Crippen molar-refractivity contribution in [3.8, 4) is 11.8 Å². The number of hydrogen-bond donors (Lipinski definition) is 0.